The topological polar surface area (TPSA) is 50.7 Å². The van der Waals surface area contributed by atoms with Gasteiger partial charge in [0.15, 0.2) is 6.20 Å². The summed E-state index contributed by atoms with van der Waals surface area (Å²) >= 11 is 0. The lowest BCUT2D eigenvalue weighted by atomic mass is 9.98. The first-order valence-corrected chi connectivity index (χ1v) is 4.20. The van der Waals surface area contributed by atoms with Crippen LogP contribution in [0.3, 0.4) is 0 Å². The van der Waals surface area contributed by atoms with Crippen molar-refractivity contribution in [2.75, 3.05) is 0 Å². The highest BCUT2D eigenvalue weighted by molar-refractivity contribution is 5.39. The molecule has 0 unspecified atom stereocenters. The monoisotopic (exact) mass is 176 g/mol. The standard InChI is InChI=1S/C10H12N2O/c1-7(2)9-4-5-12(13)8(3)10(9)6-11/h4-5,7H,1-3H3. The second-order valence-electron chi connectivity index (χ2n) is 3.32. The molecule has 3 heteroatoms. The van der Waals surface area contributed by atoms with Crippen molar-refractivity contribution in [2.45, 2.75) is 26.7 Å². The average molecular weight is 176 g/mol. The van der Waals surface area contributed by atoms with E-state index in [1.165, 1.54) is 6.20 Å². The van der Waals surface area contributed by atoms with Gasteiger partial charge in [-0.25, -0.2) is 0 Å². The molecular weight excluding hydrogens is 164 g/mol. The van der Waals surface area contributed by atoms with Crippen LogP contribution in [0.2, 0.25) is 0 Å². The fourth-order valence-electron chi connectivity index (χ4n) is 1.29. The zero-order valence-corrected chi connectivity index (χ0v) is 8.03. The number of rotatable bonds is 1. The van der Waals surface area contributed by atoms with Gasteiger partial charge in [-0.3, -0.25) is 0 Å². The van der Waals surface area contributed by atoms with Crippen LogP contribution in [-0.4, -0.2) is 0 Å². The summed E-state index contributed by atoms with van der Waals surface area (Å²) in [7, 11) is 0. The summed E-state index contributed by atoms with van der Waals surface area (Å²) in [6, 6.07) is 3.78. The Morgan fingerprint density at radius 1 is 1.54 bits per heavy atom. The van der Waals surface area contributed by atoms with Gasteiger partial charge in [-0.2, -0.15) is 9.99 Å². The molecule has 0 aliphatic rings. The zero-order chi connectivity index (χ0) is 10.0. The summed E-state index contributed by atoms with van der Waals surface area (Å²) in [5.74, 6) is 0.273. The molecule has 0 aliphatic carbocycles. The van der Waals surface area contributed by atoms with Crippen molar-refractivity contribution in [1.29, 1.82) is 5.26 Å². The summed E-state index contributed by atoms with van der Waals surface area (Å²) in [5, 5.41) is 20.0. The SMILES string of the molecule is Cc1c(C#N)c(C(C)C)cc[n+]1[O-]. The Bertz CT molecular complexity index is 364. The van der Waals surface area contributed by atoms with Gasteiger partial charge in [0.1, 0.15) is 11.6 Å². The number of aromatic nitrogens is 1. The Morgan fingerprint density at radius 2 is 2.15 bits per heavy atom. The Hall–Kier alpha value is -1.56. The minimum atomic E-state index is 0.273. The molecule has 0 aliphatic heterocycles. The first-order valence-electron chi connectivity index (χ1n) is 4.20. The van der Waals surface area contributed by atoms with Gasteiger partial charge in [0.2, 0.25) is 5.69 Å². The molecule has 1 aromatic rings. The quantitative estimate of drug-likeness (QED) is 0.482. The lowest BCUT2D eigenvalue weighted by Gasteiger charge is -2.09. The fourth-order valence-corrected chi connectivity index (χ4v) is 1.29. The third kappa shape index (κ3) is 1.62. The number of hydrogen-bond acceptors (Lipinski definition) is 2. The smallest absolute Gasteiger partial charge is 0.207 e. The van der Waals surface area contributed by atoms with Crippen LogP contribution < -0.4 is 4.73 Å². The molecule has 1 heterocycles. The van der Waals surface area contributed by atoms with Crippen LogP contribution in [0.4, 0.5) is 0 Å². The maximum atomic E-state index is 11.1. The maximum Gasteiger partial charge on any atom is 0.207 e. The number of hydrogen-bond donors (Lipinski definition) is 0. The van der Waals surface area contributed by atoms with Crippen molar-refractivity contribution in [2.24, 2.45) is 0 Å². The third-order valence-corrected chi connectivity index (χ3v) is 2.10. The first kappa shape index (κ1) is 9.53. The normalized spacial score (nSPS) is 10.1. The summed E-state index contributed by atoms with van der Waals surface area (Å²) in [5.41, 5.74) is 1.92. The summed E-state index contributed by atoms with van der Waals surface area (Å²) in [4.78, 5) is 0. The van der Waals surface area contributed by atoms with E-state index in [1.54, 1.807) is 13.0 Å². The van der Waals surface area contributed by atoms with Crippen LogP contribution in [0.1, 0.15) is 36.6 Å². The molecule has 0 fully saturated rings. The molecule has 0 amide bonds. The van der Waals surface area contributed by atoms with Crippen LogP contribution >= 0.6 is 0 Å². The van der Waals surface area contributed by atoms with E-state index in [1.807, 2.05) is 13.8 Å². The molecule has 1 rings (SSSR count). The van der Waals surface area contributed by atoms with E-state index in [0.717, 1.165) is 10.3 Å². The molecule has 0 aromatic carbocycles. The first-order chi connectivity index (χ1) is 6.07. The molecule has 0 spiro atoms. The number of pyridine rings is 1. The number of nitriles is 1. The van der Waals surface area contributed by atoms with Crippen molar-refractivity contribution in [1.82, 2.24) is 0 Å². The highest BCUT2D eigenvalue weighted by atomic mass is 16.5. The Morgan fingerprint density at radius 3 is 2.62 bits per heavy atom. The lowest BCUT2D eigenvalue weighted by molar-refractivity contribution is -0.612. The van der Waals surface area contributed by atoms with Gasteiger partial charge >= 0.3 is 0 Å². The van der Waals surface area contributed by atoms with Crippen LogP contribution in [0.25, 0.3) is 0 Å². The van der Waals surface area contributed by atoms with Crippen molar-refractivity contribution in [3.05, 3.63) is 34.3 Å². The van der Waals surface area contributed by atoms with E-state index in [9.17, 15) is 5.21 Å². The molecule has 0 bridgehead atoms. The van der Waals surface area contributed by atoms with Crippen LogP contribution in [0.5, 0.6) is 0 Å². The predicted octanol–water partition coefficient (Wildman–Crippen LogP) is 1.62. The molecular formula is C10H12N2O. The van der Waals surface area contributed by atoms with Gasteiger partial charge in [0.25, 0.3) is 0 Å². The van der Waals surface area contributed by atoms with Crippen molar-refractivity contribution in [3.8, 4) is 6.07 Å². The van der Waals surface area contributed by atoms with Crippen molar-refractivity contribution >= 4 is 0 Å². The molecule has 0 saturated heterocycles. The zero-order valence-electron chi connectivity index (χ0n) is 8.03. The second-order valence-corrected chi connectivity index (χ2v) is 3.32. The van der Waals surface area contributed by atoms with Crippen molar-refractivity contribution in [3.63, 3.8) is 0 Å². The highest BCUT2D eigenvalue weighted by Gasteiger charge is 2.14. The summed E-state index contributed by atoms with van der Waals surface area (Å²) in [6.07, 6.45) is 1.45. The van der Waals surface area contributed by atoms with E-state index < -0.39 is 0 Å². The van der Waals surface area contributed by atoms with E-state index in [-0.39, 0.29) is 5.92 Å². The second kappa shape index (κ2) is 3.44. The van der Waals surface area contributed by atoms with E-state index in [2.05, 4.69) is 6.07 Å². The lowest BCUT2D eigenvalue weighted by Crippen LogP contribution is -2.31. The molecule has 0 radical (unpaired) electrons. The van der Waals surface area contributed by atoms with Gasteiger partial charge in [-0.05, 0) is 11.5 Å². The third-order valence-electron chi connectivity index (χ3n) is 2.10. The molecule has 0 N–H and O–H groups in total. The summed E-state index contributed by atoms with van der Waals surface area (Å²) in [6.45, 7) is 5.67. The largest absolute Gasteiger partial charge is 0.618 e. The van der Waals surface area contributed by atoms with E-state index in [0.29, 0.717) is 11.3 Å². The molecule has 0 saturated carbocycles. The van der Waals surface area contributed by atoms with Crippen LogP contribution in [0, 0.1) is 23.5 Å². The van der Waals surface area contributed by atoms with Gasteiger partial charge in [0, 0.05) is 13.0 Å². The van der Waals surface area contributed by atoms with Gasteiger partial charge in [-0.15, -0.1) is 0 Å². The minimum Gasteiger partial charge on any atom is -0.618 e. The minimum absolute atomic E-state index is 0.273. The van der Waals surface area contributed by atoms with Crippen molar-refractivity contribution < 1.29 is 4.73 Å². The average Bonchev–Trinajstić information content (AvgIpc) is 2.09. The molecule has 0 atom stereocenters. The van der Waals surface area contributed by atoms with Gasteiger partial charge < -0.3 is 5.21 Å². The fraction of sp³-hybridized carbons (Fsp3) is 0.400. The van der Waals surface area contributed by atoms with Crippen LogP contribution in [0.15, 0.2) is 12.3 Å². The summed E-state index contributed by atoms with van der Waals surface area (Å²) < 4.78 is 0.727. The Balaban J connectivity index is 3.41. The Kier molecular flexibility index (Phi) is 2.52. The predicted molar refractivity (Wildman–Crippen MR) is 48.9 cm³/mol. The maximum absolute atomic E-state index is 11.1. The Labute approximate surface area is 77.8 Å². The van der Waals surface area contributed by atoms with E-state index in [4.69, 9.17) is 5.26 Å². The van der Waals surface area contributed by atoms with Crippen LogP contribution in [-0.2, 0) is 0 Å². The number of nitrogens with zero attached hydrogens (tertiary/aromatic N) is 2. The molecule has 13 heavy (non-hydrogen) atoms. The van der Waals surface area contributed by atoms with E-state index >= 15 is 0 Å². The molecule has 3 nitrogen and oxygen atoms in total. The molecule has 68 valence electrons. The highest BCUT2D eigenvalue weighted by Crippen LogP contribution is 2.18. The van der Waals surface area contributed by atoms with Gasteiger partial charge in [-0.1, -0.05) is 13.8 Å². The molecule has 1 aromatic heterocycles. The van der Waals surface area contributed by atoms with Gasteiger partial charge in [0.05, 0.1) is 0 Å².